The molecule has 0 saturated carbocycles. The van der Waals surface area contributed by atoms with E-state index in [1.54, 1.807) is 11.9 Å². The largest absolute Gasteiger partial charge is 0.508 e. The summed E-state index contributed by atoms with van der Waals surface area (Å²) < 4.78 is 5.61. The van der Waals surface area contributed by atoms with Crippen molar-refractivity contribution in [3.8, 4) is 5.75 Å². The van der Waals surface area contributed by atoms with Gasteiger partial charge in [-0.15, -0.1) is 0 Å². The lowest BCUT2D eigenvalue weighted by atomic mass is 10.1. The SMILES string of the molecule is CN(CC1CCCCO1)C(=O)c1cc(O)ccc1Cl. The van der Waals surface area contributed by atoms with Gasteiger partial charge >= 0.3 is 0 Å². The number of aromatic hydroxyl groups is 1. The quantitative estimate of drug-likeness (QED) is 0.928. The summed E-state index contributed by atoms with van der Waals surface area (Å²) in [6.07, 6.45) is 3.30. The number of carbonyl (C=O) groups excluding carboxylic acids is 1. The van der Waals surface area contributed by atoms with Crippen LogP contribution in [0.4, 0.5) is 0 Å². The first-order chi connectivity index (χ1) is 9.08. The second-order valence-electron chi connectivity index (χ2n) is 4.84. The van der Waals surface area contributed by atoms with Gasteiger partial charge in [-0.2, -0.15) is 0 Å². The van der Waals surface area contributed by atoms with Crippen LogP contribution in [0.5, 0.6) is 5.75 Å². The average molecular weight is 284 g/mol. The molecule has 0 spiro atoms. The van der Waals surface area contributed by atoms with Crippen LogP contribution in [0, 0.1) is 0 Å². The Balaban J connectivity index is 2.03. The molecule has 1 fully saturated rings. The van der Waals surface area contributed by atoms with E-state index in [1.165, 1.54) is 18.2 Å². The number of benzene rings is 1. The predicted molar refractivity (Wildman–Crippen MR) is 73.7 cm³/mol. The normalized spacial score (nSPS) is 19.2. The third kappa shape index (κ3) is 3.61. The van der Waals surface area contributed by atoms with Gasteiger partial charge in [0.1, 0.15) is 5.75 Å². The molecule has 1 aromatic carbocycles. The van der Waals surface area contributed by atoms with Crippen LogP contribution < -0.4 is 0 Å². The number of nitrogens with zero attached hydrogens (tertiary/aromatic N) is 1. The van der Waals surface area contributed by atoms with E-state index in [1.807, 2.05) is 0 Å². The summed E-state index contributed by atoms with van der Waals surface area (Å²) in [5.41, 5.74) is 0.319. The smallest absolute Gasteiger partial charge is 0.255 e. The lowest BCUT2D eigenvalue weighted by molar-refractivity contribution is -0.000188. The van der Waals surface area contributed by atoms with E-state index in [0.29, 0.717) is 17.1 Å². The molecule has 0 aromatic heterocycles. The van der Waals surface area contributed by atoms with Crippen LogP contribution in [-0.4, -0.2) is 42.2 Å². The molecule has 2 rings (SSSR count). The number of halogens is 1. The number of hydrogen-bond donors (Lipinski definition) is 1. The number of hydrogen-bond acceptors (Lipinski definition) is 3. The van der Waals surface area contributed by atoms with E-state index >= 15 is 0 Å². The molecule has 1 atom stereocenters. The van der Waals surface area contributed by atoms with Gasteiger partial charge in [-0.05, 0) is 37.5 Å². The topological polar surface area (TPSA) is 49.8 Å². The van der Waals surface area contributed by atoms with Crippen molar-refractivity contribution in [3.63, 3.8) is 0 Å². The lowest BCUT2D eigenvalue weighted by Gasteiger charge is -2.27. The molecule has 1 unspecified atom stereocenters. The number of carbonyl (C=O) groups is 1. The minimum absolute atomic E-state index is 0.0371. The standard InChI is InChI=1S/C14H18ClNO3/c1-16(9-11-4-2-3-7-19-11)14(18)12-8-10(17)5-6-13(12)15/h5-6,8,11,17H,2-4,7,9H2,1H3. The third-order valence-corrected chi connectivity index (χ3v) is 3.61. The number of phenols is 1. The van der Waals surface area contributed by atoms with Gasteiger partial charge < -0.3 is 14.7 Å². The summed E-state index contributed by atoms with van der Waals surface area (Å²) in [7, 11) is 1.72. The lowest BCUT2D eigenvalue weighted by Crippen LogP contribution is -2.37. The zero-order valence-electron chi connectivity index (χ0n) is 10.9. The maximum Gasteiger partial charge on any atom is 0.255 e. The molecule has 0 radical (unpaired) electrons. The molecule has 0 bridgehead atoms. The number of amides is 1. The Morgan fingerprint density at radius 1 is 1.53 bits per heavy atom. The summed E-state index contributed by atoms with van der Waals surface area (Å²) in [5.74, 6) is -0.162. The zero-order chi connectivity index (χ0) is 13.8. The molecule has 1 saturated heterocycles. The molecular weight excluding hydrogens is 266 g/mol. The van der Waals surface area contributed by atoms with Crippen LogP contribution >= 0.6 is 11.6 Å². The number of likely N-dealkylation sites (N-methyl/N-ethyl adjacent to an activating group) is 1. The minimum Gasteiger partial charge on any atom is -0.508 e. The van der Waals surface area contributed by atoms with E-state index in [-0.39, 0.29) is 17.8 Å². The molecule has 0 aliphatic carbocycles. The molecule has 5 heteroatoms. The van der Waals surface area contributed by atoms with Crippen molar-refractivity contribution >= 4 is 17.5 Å². The van der Waals surface area contributed by atoms with E-state index < -0.39 is 0 Å². The van der Waals surface area contributed by atoms with Crippen molar-refractivity contribution in [2.24, 2.45) is 0 Å². The highest BCUT2D eigenvalue weighted by Gasteiger charge is 2.21. The fraction of sp³-hybridized carbons (Fsp3) is 0.500. The van der Waals surface area contributed by atoms with Gasteiger partial charge in [-0.3, -0.25) is 4.79 Å². The first-order valence-corrected chi connectivity index (χ1v) is 6.81. The van der Waals surface area contributed by atoms with Gasteiger partial charge in [0.25, 0.3) is 5.91 Å². The highest BCUT2D eigenvalue weighted by molar-refractivity contribution is 6.33. The van der Waals surface area contributed by atoms with Gasteiger partial charge in [0.15, 0.2) is 0 Å². The van der Waals surface area contributed by atoms with E-state index in [4.69, 9.17) is 16.3 Å². The third-order valence-electron chi connectivity index (χ3n) is 3.28. The molecular formula is C14H18ClNO3. The molecule has 1 aromatic rings. The second kappa shape index (κ2) is 6.26. The molecule has 1 aliphatic rings. The predicted octanol–water partition coefficient (Wildman–Crippen LogP) is 2.69. The Labute approximate surface area is 117 Å². The van der Waals surface area contributed by atoms with Crippen LogP contribution in [0.1, 0.15) is 29.6 Å². The van der Waals surface area contributed by atoms with Crippen LogP contribution in [0.25, 0.3) is 0 Å². The van der Waals surface area contributed by atoms with Gasteiger partial charge in [0.2, 0.25) is 0 Å². The first-order valence-electron chi connectivity index (χ1n) is 6.43. The monoisotopic (exact) mass is 283 g/mol. The molecule has 104 valence electrons. The Kier molecular flexibility index (Phi) is 4.66. The van der Waals surface area contributed by atoms with Crippen molar-refractivity contribution in [1.82, 2.24) is 4.90 Å². The van der Waals surface area contributed by atoms with Crippen molar-refractivity contribution in [2.45, 2.75) is 25.4 Å². The Bertz CT molecular complexity index is 458. The summed E-state index contributed by atoms with van der Waals surface area (Å²) in [6, 6.07) is 4.38. The van der Waals surface area contributed by atoms with Gasteiger partial charge in [-0.1, -0.05) is 11.6 Å². The fourth-order valence-corrected chi connectivity index (χ4v) is 2.42. The highest BCUT2D eigenvalue weighted by Crippen LogP contribution is 2.23. The summed E-state index contributed by atoms with van der Waals surface area (Å²) in [6.45, 7) is 1.31. The number of ether oxygens (including phenoxy) is 1. The average Bonchev–Trinajstić information content (AvgIpc) is 2.42. The van der Waals surface area contributed by atoms with Crippen LogP contribution in [0.15, 0.2) is 18.2 Å². The molecule has 1 amide bonds. The zero-order valence-corrected chi connectivity index (χ0v) is 11.7. The summed E-state index contributed by atoms with van der Waals surface area (Å²) >= 11 is 5.99. The Morgan fingerprint density at radius 3 is 3.00 bits per heavy atom. The fourth-order valence-electron chi connectivity index (χ4n) is 2.22. The molecule has 4 nitrogen and oxygen atoms in total. The maximum absolute atomic E-state index is 12.3. The molecule has 1 aliphatic heterocycles. The Morgan fingerprint density at radius 2 is 2.32 bits per heavy atom. The minimum atomic E-state index is -0.199. The highest BCUT2D eigenvalue weighted by atomic mass is 35.5. The van der Waals surface area contributed by atoms with Crippen molar-refractivity contribution in [1.29, 1.82) is 0 Å². The van der Waals surface area contributed by atoms with Crippen molar-refractivity contribution in [2.75, 3.05) is 20.2 Å². The van der Waals surface area contributed by atoms with E-state index in [2.05, 4.69) is 0 Å². The van der Waals surface area contributed by atoms with E-state index in [9.17, 15) is 9.90 Å². The van der Waals surface area contributed by atoms with Crippen molar-refractivity contribution in [3.05, 3.63) is 28.8 Å². The Hall–Kier alpha value is -1.26. The first kappa shape index (κ1) is 14.2. The van der Waals surface area contributed by atoms with Crippen LogP contribution in [-0.2, 0) is 4.74 Å². The second-order valence-corrected chi connectivity index (χ2v) is 5.25. The van der Waals surface area contributed by atoms with Crippen LogP contribution in [0.3, 0.4) is 0 Å². The van der Waals surface area contributed by atoms with Gasteiger partial charge in [0.05, 0.1) is 16.7 Å². The molecule has 19 heavy (non-hydrogen) atoms. The van der Waals surface area contributed by atoms with Gasteiger partial charge in [-0.25, -0.2) is 0 Å². The van der Waals surface area contributed by atoms with Crippen LogP contribution in [0.2, 0.25) is 5.02 Å². The van der Waals surface area contributed by atoms with E-state index in [0.717, 1.165) is 25.9 Å². The molecule has 1 heterocycles. The van der Waals surface area contributed by atoms with Gasteiger partial charge in [0, 0.05) is 20.2 Å². The summed E-state index contributed by atoms with van der Waals surface area (Å²) in [4.78, 5) is 13.9. The van der Waals surface area contributed by atoms with Crippen molar-refractivity contribution < 1.29 is 14.6 Å². The maximum atomic E-state index is 12.3. The number of rotatable bonds is 3. The molecule has 1 N–H and O–H groups in total. The number of phenolic OH excluding ortho intramolecular Hbond substituents is 1. The summed E-state index contributed by atoms with van der Waals surface area (Å²) in [5, 5.41) is 9.78.